The van der Waals surface area contributed by atoms with Gasteiger partial charge in [-0.2, -0.15) is 0 Å². The van der Waals surface area contributed by atoms with Gasteiger partial charge >= 0.3 is 0 Å². The van der Waals surface area contributed by atoms with E-state index in [2.05, 4.69) is 31.3 Å². The summed E-state index contributed by atoms with van der Waals surface area (Å²) >= 11 is 0. The van der Waals surface area contributed by atoms with Crippen LogP contribution in [0.1, 0.15) is 25.8 Å². The van der Waals surface area contributed by atoms with Gasteiger partial charge in [0.1, 0.15) is 5.75 Å². The van der Waals surface area contributed by atoms with Crippen LogP contribution in [0.2, 0.25) is 0 Å². The Bertz CT molecular complexity index is 275. The lowest BCUT2D eigenvalue weighted by Crippen LogP contribution is -2.35. The van der Waals surface area contributed by atoms with E-state index in [1.807, 2.05) is 19.2 Å². The van der Waals surface area contributed by atoms with Crippen molar-refractivity contribution in [1.29, 1.82) is 0 Å². The molecule has 2 nitrogen and oxygen atoms in total. The normalized spacial score (nSPS) is 14.9. The van der Waals surface area contributed by atoms with Crippen LogP contribution in [0.25, 0.3) is 0 Å². The van der Waals surface area contributed by atoms with Gasteiger partial charge in [0.05, 0.1) is 7.11 Å². The zero-order valence-electron chi connectivity index (χ0n) is 9.42. The van der Waals surface area contributed by atoms with Crippen molar-refractivity contribution >= 4 is 0 Å². The molecule has 0 aliphatic heterocycles. The summed E-state index contributed by atoms with van der Waals surface area (Å²) in [5.41, 5.74) is 1.36. The highest BCUT2D eigenvalue weighted by molar-refractivity contribution is 5.31. The summed E-state index contributed by atoms with van der Waals surface area (Å²) in [6, 6.07) is 8.22. The van der Waals surface area contributed by atoms with Crippen molar-refractivity contribution < 1.29 is 4.74 Å². The minimum Gasteiger partial charge on any atom is -0.497 e. The summed E-state index contributed by atoms with van der Waals surface area (Å²) in [7, 11) is 3.68. The Hall–Kier alpha value is -1.02. The molecule has 0 aliphatic carbocycles. The van der Waals surface area contributed by atoms with Crippen molar-refractivity contribution in [2.45, 2.75) is 25.8 Å². The fourth-order valence-electron chi connectivity index (χ4n) is 1.48. The maximum Gasteiger partial charge on any atom is 0.118 e. The molecule has 0 fully saturated rings. The molecule has 14 heavy (non-hydrogen) atoms. The highest BCUT2D eigenvalue weighted by Gasteiger charge is 2.21. The monoisotopic (exact) mass is 193 g/mol. The third-order valence-corrected chi connectivity index (χ3v) is 2.99. The lowest BCUT2D eigenvalue weighted by atomic mass is 9.89. The molecule has 0 saturated carbocycles. The van der Waals surface area contributed by atoms with Crippen LogP contribution in [0.3, 0.4) is 0 Å². The van der Waals surface area contributed by atoms with E-state index in [9.17, 15) is 0 Å². The second kappa shape index (κ2) is 4.47. The first-order chi connectivity index (χ1) is 6.66. The van der Waals surface area contributed by atoms with Crippen LogP contribution in [-0.4, -0.2) is 14.2 Å². The predicted molar refractivity (Wildman–Crippen MR) is 59.7 cm³/mol. The number of hydrogen-bond acceptors (Lipinski definition) is 2. The molecule has 2 heteroatoms. The molecule has 0 saturated heterocycles. The Morgan fingerprint density at radius 1 is 1.29 bits per heavy atom. The molecule has 1 atom stereocenters. The average Bonchev–Trinajstić information content (AvgIpc) is 2.28. The second-order valence-electron chi connectivity index (χ2n) is 3.66. The Morgan fingerprint density at radius 2 is 1.86 bits per heavy atom. The van der Waals surface area contributed by atoms with Gasteiger partial charge in [0.2, 0.25) is 0 Å². The molecule has 1 unspecified atom stereocenters. The molecule has 0 aromatic heterocycles. The summed E-state index contributed by atoms with van der Waals surface area (Å²) in [5.74, 6) is 0.906. The van der Waals surface area contributed by atoms with Crippen molar-refractivity contribution in [3.8, 4) is 5.75 Å². The van der Waals surface area contributed by atoms with Gasteiger partial charge in [-0.25, -0.2) is 0 Å². The van der Waals surface area contributed by atoms with Gasteiger partial charge in [0.25, 0.3) is 0 Å². The van der Waals surface area contributed by atoms with Gasteiger partial charge in [-0.15, -0.1) is 0 Å². The predicted octanol–water partition coefficient (Wildman–Crippen LogP) is 2.54. The van der Waals surface area contributed by atoms with Crippen LogP contribution in [0.4, 0.5) is 0 Å². The van der Waals surface area contributed by atoms with Crippen molar-refractivity contribution in [2.75, 3.05) is 14.2 Å². The Kier molecular flexibility index (Phi) is 3.53. The van der Waals surface area contributed by atoms with Gasteiger partial charge < -0.3 is 10.1 Å². The highest BCUT2D eigenvalue weighted by atomic mass is 16.5. The summed E-state index contributed by atoms with van der Waals surface area (Å²) in [5, 5.41) is 3.34. The largest absolute Gasteiger partial charge is 0.497 e. The Balaban J connectivity index is 2.95. The first-order valence-electron chi connectivity index (χ1n) is 4.99. The molecule has 0 amide bonds. The van der Waals surface area contributed by atoms with Gasteiger partial charge in [0.15, 0.2) is 0 Å². The third kappa shape index (κ3) is 2.07. The second-order valence-corrected chi connectivity index (χ2v) is 3.66. The molecule has 1 N–H and O–H groups in total. The van der Waals surface area contributed by atoms with E-state index in [0.717, 1.165) is 12.2 Å². The van der Waals surface area contributed by atoms with E-state index in [4.69, 9.17) is 4.74 Å². The van der Waals surface area contributed by atoms with E-state index < -0.39 is 0 Å². The molecule has 0 heterocycles. The van der Waals surface area contributed by atoms with Crippen molar-refractivity contribution in [2.24, 2.45) is 0 Å². The molecular formula is C12H19NO. The Morgan fingerprint density at radius 3 is 2.21 bits per heavy atom. The summed E-state index contributed by atoms with van der Waals surface area (Å²) in [6.07, 6.45) is 1.07. The lowest BCUT2D eigenvalue weighted by molar-refractivity contribution is 0.383. The fourth-order valence-corrected chi connectivity index (χ4v) is 1.48. The molecule has 1 aromatic carbocycles. The van der Waals surface area contributed by atoms with E-state index in [1.54, 1.807) is 7.11 Å². The minimum atomic E-state index is 0.0618. The quantitative estimate of drug-likeness (QED) is 0.793. The Labute approximate surface area is 86.3 Å². The maximum atomic E-state index is 5.13. The molecule has 1 aromatic rings. The minimum absolute atomic E-state index is 0.0618. The highest BCUT2D eigenvalue weighted by Crippen LogP contribution is 2.25. The zero-order valence-corrected chi connectivity index (χ0v) is 9.42. The number of rotatable bonds is 4. The van der Waals surface area contributed by atoms with Crippen molar-refractivity contribution in [1.82, 2.24) is 5.32 Å². The SMILES string of the molecule is CCC(C)(NC)c1ccc(OC)cc1. The average molecular weight is 193 g/mol. The van der Waals surface area contributed by atoms with Crippen LogP contribution >= 0.6 is 0 Å². The first kappa shape index (κ1) is 11.1. The molecule has 0 aliphatic rings. The van der Waals surface area contributed by atoms with E-state index in [0.29, 0.717) is 0 Å². The molecule has 0 radical (unpaired) electrons. The molecule has 0 bridgehead atoms. The number of hydrogen-bond donors (Lipinski definition) is 1. The third-order valence-electron chi connectivity index (χ3n) is 2.99. The number of nitrogens with one attached hydrogen (secondary N) is 1. The first-order valence-corrected chi connectivity index (χ1v) is 4.99. The van der Waals surface area contributed by atoms with Crippen LogP contribution in [0.5, 0.6) is 5.75 Å². The van der Waals surface area contributed by atoms with Crippen molar-refractivity contribution in [3.63, 3.8) is 0 Å². The molecule has 0 spiro atoms. The molecule has 78 valence electrons. The van der Waals surface area contributed by atoms with Crippen LogP contribution in [0, 0.1) is 0 Å². The number of methoxy groups -OCH3 is 1. The van der Waals surface area contributed by atoms with Crippen molar-refractivity contribution in [3.05, 3.63) is 29.8 Å². The standard InChI is InChI=1S/C12H19NO/c1-5-12(2,13-3)10-6-8-11(14-4)9-7-10/h6-9,13H,5H2,1-4H3. The molecular weight excluding hydrogens is 174 g/mol. The summed E-state index contributed by atoms with van der Waals surface area (Å²) < 4.78 is 5.13. The molecule has 1 rings (SSSR count). The van der Waals surface area contributed by atoms with E-state index in [-0.39, 0.29) is 5.54 Å². The van der Waals surface area contributed by atoms with Crippen LogP contribution < -0.4 is 10.1 Å². The van der Waals surface area contributed by atoms with E-state index >= 15 is 0 Å². The maximum absolute atomic E-state index is 5.13. The summed E-state index contributed by atoms with van der Waals surface area (Å²) in [6.45, 7) is 4.38. The summed E-state index contributed by atoms with van der Waals surface area (Å²) in [4.78, 5) is 0. The van der Waals surface area contributed by atoms with Gasteiger partial charge in [-0.05, 0) is 38.1 Å². The smallest absolute Gasteiger partial charge is 0.118 e. The lowest BCUT2D eigenvalue weighted by Gasteiger charge is -2.28. The zero-order chi connectivity index (χ0) is 10.6. The fraction of sp³-hybridized carbons (Fsp3) is 0.500. The topological polar surface area (TPSA) is 21.3 Å². The van der Waals surface area contributed by atoms with E-state index in [1.165, 1.54) is 5.56 Å². The van der Waals surface area contributed by atoms with Gasteiger partial charge in [-0.3, -0.25) is 0 Å². The van der Waals surface area contributed by atoms with Gasteiger partial charge in [0, 0.05) is 5.54 Å². The van der Waals surface area contributed by atoms with Gasteiger partial charge in [-0.1, -0.05) is 19.1 Å². The van der Waals surface area contributed by atoms with Crippen LogP contribution in [0.15, 0.2) is 24.3 Å². The van der Waals surface area contributed by atoms with Crippen LogP contribution in [-0.2, 0) is 5.54 Å². The number of benzene rings is 1. The number of ether oxygens (including phenoxy) is 1.